The van der Waals surface area contributed by atoms with E-state index in [1.54, 1.807) is 6.92 Å². The smallest absolute Gasteiger partial charge is 0.155 e. The van der Waals surface area contributed by atoms with Crippen molar-refractivity contribution in [2.75, 3.05) is 13.1 Å². The SMILES string of the molecule is CC.CC/C(=C\CCNC(C)CN)C(C)=O. The summed E-state index contributed by atoms with van der Waals surface area (Å²) in [6, 6.07) is 0.353. The molecule has 3 heteroatoms. The summed E-state index contributed by atoms with van der Waals surface area (Å²) >= 11 is 0. The van der Waals surface area contributed by atoms with Crippen LogP contribution in [0.5, 0.6) is 0 Å². The Morgan fingerprint density at radius 3 is 2.38 bits per heavy atom. The summed E-state index contributed by atoms with van der Waals surface area (Å²) in [6.45, 7) is 11.2. The first-order valence-corrected chi connectivity index (χ1v) is 6.25. The second-order valence-electron chi connectivity index (χ2n) is 3.52. The lowest BCUT2D eigenvalue weighted by atomic mass is 10.1. The van der Waals surface area contributed by atoms with Crippen LogP contribution < -0.4 is 11.1 Å². The average Bonchev–Trinajstić information content (AvgIpc) is 2.30. The Labute approximate surface area is 100 Å². The Morgan fingerprint density at radius 1 is 1.44 bits per heavy atom. The molecule has 1 atom stereocenters. The fourth-order valence-electron chi connectivity index (χ4n) is 1.20. The predicted octanol–water partition coefficient (Wildman–Crippen LogP) is 2.26. The number of Topliss-reactive ketones (excluding diaryl/α,β-unsaturated/α-hetero) is 1. The molecule has 0 saturated heterocycles. The number of rotatable bonds is 7. The molecule has 0 heterocycles. The van der Waals surface area contributed by atoms with E-state index in [0.717, 1.165) is 25.0 Å². The van der Waals surface area contributed by atoms with Gasteiger partial charge in [-0.05, 0) is 38.8 Å². The van der Waals surface area contributed by atoms with Gasteiger partial charge in [-0.15, -0.1) is 0 Å². The molecule has 96 valence electrons. The van der Waals surface area contributed by atoms with Crippen molar-refractivity contribution in [3.63, 3.8) is 0 Å². The van der Waals surface area contributed by atoms with Crippen LogP contribution in [0.25, 0.3) is 0 Å². The fourth-order valence-corrected chi connectivity index (χ4v) is 1.20. The van der Waals surface area contributed by atoms with Crippen LogP contribution in [0.3, 0.4) is 0 Å². The van der Waals surface area contributed by atoms with Gasteiger partial charge in [-0.1, -0.05) is 26.8 Å². The van der Waals surface area contributed by atoms with Crippen LogP contribution in [0.4, 0.5) is 0 Å². The minimum absolute atomic E-state index is 0.180. The van der Waals surface area contributed by atoms with Crippen LogP contribution in [0, 0.1) is 0 Å². The summed E-state index contributed by atoms with van der Waals surface area (Å²) < 4.78 is 0. The zero-order valence-electron chi connectivity index (χ0n) is 11.5. The third-order valence-corrected chi connectivity index (χ3v) is 2.21. The Bertz CT molecular complexity index is 200. The Kier molecular flexibility index (Phi) is 13.7. The number of carbonyl (C=O) groups is 1. The van der Waals surface area contributed by atoms with E-state index in [2.05, 4.69) is 12.2 Å². The molecular weight excluding hydrogens is 200 g/mol. The van der Waals surface area contributed by atoms with Crippen molar-refractivity contribution in [1.29, 1.82) is 0 Å². The van der Waals surface area contributed by atoms with Crippen LogP contribution in [0.15, 0.2) is 11.6 Å². The first-order valence-electron chi connectivity index (χ1n) is 6.25. The second kappa shape index (κ2) is 12.4. The molecule has 1 unspecified atom stereocenters. The van der Waals surface area contributed by atoms with Crippen LogP contribution >= 0.6 is 0 Å². The van der Waals surface area contributed by atoms with E-state index in [1.807, 2.05) is 26.8 Å². The number of ketones is 1. The topological polar surface area (TPSA) is 55.1 Å². The van der Waals surface area contributed by atoms with Crippen LogP contribution in [0.2, 0.25) is 0 Å². The highest BCUT2D eigenvalue weighted by molar-refractivity contribution is 5.93. The minimum atomic E-state index is 0.180. The fraction of sp³-hybridized carbons (Fsp3) is 0.769. The maximum absolute atomic E-state index is 11.1. The van der Waals surface area contributed by atoms with Gasteiger partial charge in [-0.25, -0.2) is 0 Å². The third-order valence-electron chi connectivity index (χ3n) is 2.21. The molecule has 0 saturated carbocycles. The largest absolute Gasteiger partial charge is 0.329 e. The highest BCUT2D eigenvalue weighted by Gasteiger charge is 2.00. The standard InChI is InChI=1S/C11H22N2O.C2H6/c1-4-11(10(3)14)6-5-7-13-9(2)8-12;1-2/h6,9,13H,4-5,7-8,12H2,1-3H3;1-2H3/b11-6+;. The summed E-state index contributed by atoms with van der Waals surface area (Å²) in [5.74, 6) is 0.180. The lowest BCUT2D eigenvalue weighted by molar-refractivity contribution is -0.113. The van der Waals surface area contributed by atoms with Gasteiger partial charge in [0.05, 0.1) is 0 Å². The molecule has 0 aliphatic carbocycles. The molecule has 0 aromatic carbocycles. The molecule has 0 aromatic heterocycles. The van der Waals surface area contributed by atoms with Gasteiger partial charge in [0.1, 0.15) is 0 Å². The molecule has 16 heavy (non-hydrogen) atoms. The lowest BCUT2D eigenvalue weighted by Gasteiger charge is -2.09. The number of hydrogen-bond donors (Lipinski definition) is 2. The van der Waals surface area contributed by atoms with E-state index in [1.165, 1.54) is 0 Å². The molecule has 3 nitrogen and oxygen atoms in total. The zero-order valence-corrected chi connectivity index (χ0v) is 11.5. The third kappa shape index (κ3) is 9.87. The summed E-state index contributed by atoms with van der Waals surface area (Å²) in [4.78, 5) is 11.1. The molecule has 0 aliphatic heterocycles. The molecule has 0 radical (unpaired) electrons. The van der Waals surface area contributed by atoms with Gasteiger partial charge in [0.15, 0.2) is 5.78 Å². The highest BCUT2D eigenvalue weighted by Crippen LogP contribution is 2.02. The quantitative estimate of drug-likeness (QED) is 0.519. The zero-order chi connectivity index (χ0) is 13.0. The second-order valence-corrected chi connectivity index (χ2v) is 3.52. The molecule has 0 spiro atoms. The van der Waals surface area contributed by atoms with Crippen molar-refractivity contribution in [2.45, 2.75) is 53.5 Å². The van der Waals surface area contributed by atoms with Crippen molar-refractivity contribution in [3.05, 3.63) is 11.6 Å². The molecule has 0 bridgehead atoms. The highest BCUT2D eigenvalue weighted by atomic mass is 16.1. The van der Waals surface area contributed by atoms with Crippen LogP contribution in [-0.4, -0.2) is 24.9 Å². The first kappa shape index (κ1) is 17.7. The number of nitrogens with one attached hydrogen (secondary N) is 1. The van der Waals surface area contributed by atoms with Crippen molar-refractivity contribution in [1.82, 2.24) is 5.32 Å². The normalized spacial score (nSPS) is 12.8. The van der Waals surface area contributed by atoms with Gasteiger partial charge in [0.25, 0.3) is 0 Å². The van der Waals surface area contributed by atoms with Gasteiger partial charge in [0, 0.05) is 12.6 Å². The van der Waals surface area contributed by atoms with E-state index in [4.69, 9.17) is 5.73 Å². The minimum Gasteiger partial charge on any atom is -0.329 e. The first-order chi connectivity index (χ1) is 7.61. The summed E-state index contributed by atoms with van der Waals surface area (Å²) in [5, 5.41) is 3.27. The van der Waals surface area contributed by atoms with Crippen molar-refractivity contribution >= 4 is 5.78 Å². The van der Waals surface area contributed by atoms with Gasteiger partial charge in [0.2, 0.25) is 0 Å². The number of allylic oxidation sites excluding steroid dienone is 1. The summed E-state index contributed by atoms with van der Waals surface area (Å²) in [6.07, 6.45) is 3.73. The van der Waals surface area contributed by atoms with E-state index in [0.29, 0.717) is 12.6 Å². The van der Waals surface area contributed by atoms with Crippen molar-refractivity contribution in [3.8, 4) is 0 Å². The summed E-state index contributed by atoms with van der Waals surface area (Å²) in [7, 11) is 0. The van der Waals surface area contributed by atoms with Crippen LogP contribution in [0.1, 0.15) is 47.5 Å². The van der Waals surface area contributed by atoms with Crippen LogP contribution in [-0.2, 0) is 4.79 Å². The Morgan fingerprint density at radius 2 is 2.00 bits per heavy atom. The molecular formula is C13H28N2O. The number of nitrogens with two attached hydrogens (primary N) is 1. The van der Waals surface area contributed by atoms with E-state index < -0.39 is 0 Å². The maximum atomic E-state index is 11.1. The van der Waals surface area contributed by atoms with Crippen molar-refractivity contribution in [2.24, 2.45) is 5.73 Å². The van der Waals surface area contributed by atoms with Gasteiger partial charge < -0.3 is 11.1 Å². The molecule has 3 N–H and O–H groups in total. The predicted molar refractivity (Wildman–Crippen MR) is 71.5 cm³/mol. The summed E-state index contributed by atoms with van der Waals surface area (Å²) in [5.41, 5.74) is 6.38. The average molecular weight is 228 g/mol. The molecule has 0 aromatic rings. The molecule has 0 amide bonds. The number of carbonyl (C=O) groups excluding carboxylic acids is 1. The van der Waals surface area contributed by atoms with E-state index in [-0.39, 0.29) is 5.78 Å². The molecule has 0 rings (SSSR count). The van der Waals surface area contributed by atoms with Gasteiger partial charge in [-0.2, -0.15) is 0 Å². The monoisotopic (exact) mass is 228 g/mol. The Hall–Kier alpha value is -0.670. The molecule has 0 fully saturated rings. The Balaban J connectivity index is 0. The van der Waals surface area contributed by atoms with Gasteiger partial charge in [-0.3, -0.25) is 4.79 Å². The lowest BCUT2D eigenvalue weighted by Crippen LogP contribution is -2.33. The van der Waals surface area contributed by atoms with E-state index in [9.17, 15) is 4.79 Å². The molecule has 0 aliphatic rings. The van der Waals surface area contributed by atoms with E-state index >= 15 is 0 Å². The maximum Gasteiger partial charge on any atom is 0.155 e. The van der Waals surface area contributed by atoms with Crippen molar-refractivity contribution < 1.29 is 4.79 Å². The van der Waals surface area contributed by atoms with Gasteiger partial charge >= 0.3 is 0 Å². The number of hydrogen-bond acceptors (Lipinski definition) is 3.